The van der Waals surface area contributed by atoms with Gasteiger partial charge >= 0.3 is 0 Å². The van der Waals surface area contributed by atoms with E-state index in [1.165, 1.54) is 0 Å². The van der Waals surface area contributed by atoms with E-state index in [1.54, 1.807) is 0 Å². The zero-order chi connectivity index (χ0) is 9.10. The van der Waals surface area contributed by atoms with Crippen LogP contribution in [0.5, 0.6) is 0 Å². The predicted molar refractivity (Wildman–Crippen MR) is 47.6 cm³/mol. The summed E-state index contributed by atoms with van der Waals surface area (Å²) >= 11 is 0. The maximum absolute atomic E-state index is 5.36. The Balaban J connectivity index is 2.36. The summed E-state index contributed by atoms with van der Waals surface area (Å²) in [6.45, 7) is 0.302. The molecule has 0 bridgehead atoms. The smallest absolute Gasteiger partial charge is 0.257 e. The summed E-state index contributed by atoms with van der Waals surface area (Å²) < 4.78 is 5.00. The lowest BCUT2D eigenvalue weighted by molar-refractivity contribution is 0.423. The second-order valence-corrected chi connectivity index (χ2v) is 2.59. The SMILES string of the molecule is NCc1noc(-c2ccccc2)n1. The largest absolute Gasteiger partial charge is 0.334 e. The summed E-state index contributed by atoms with van der Waals surface area (Å²) in [5, 5.41) is 3.70. The lowest BCUT2D eigenvalue weighted by atomic mass is 10.2. The quantitative estimate of drug-likeness (QED) is 0.744. The number of hydrogen-bond acceptors (Lipinski definition) is 4. The molecule has 2 aromatic rings. The minimum Gasteiger partial charge on any atom is -0.334 e. The summed E-state index contributed by atoms with van der Waals surface area (Å²) in [6.07, 6.45) is 0. The summed E-state index contributed by atoms with van der Waals surface area (Å²) in [4.78, 5) is 4.10. The third kappa shape index (κ3) is 1.57. The van der Waals surface area contributed by atoms with Crippen LogP contribution in [0.3, 0.4) is 0 Å². The fourth-order valence-electron chi connectivity index (χ4n) is 1.03. The lowest BCUT2D eigenvalue weighted by Crippen LogP contribution is -1.97. The van der Waals surface area contributed by atoms with Crippen LogP contribution in [-0.2, 0) is 6.54 Å². The summed E-state index contributed by atoms with van der Waals surface area (Å²) in [6, 6.07) is 9.59. The number of nitrogens with zero attached hydrogens (tertiary/aromatic N) is 2. The van der Waals surface area contributed by atoms with Gasteiger partial charge in [-0.25, -0.2) is 0 Å². The molecule has 4 heteroatoms. The molecule has 0 amide bonds. The monoisotopic (exact) mass is 175 g/mol. The van der Waals surface area contributed by atoms with Gasteiger partial charge < -0.3 is 10.3 Å². The molecule has 0 saturated carbocycles. The third-order valence-electron chi connectivity index (χ3n) is 1.67. The normalized spacial score (nSPS) is 10.2. The molecule has 13 heavy (non-hydrogen) atoms. The fraction of sp³-hybridized carbons (Fsp3) is 0.111. The first-order valence-electron chi connectivity index (χ1n) is 3.98. The lowest BCUT2D eigenvalue weighted by Gasteiger charge is -1.89. The van der Waals surface area contributed by atoms with Crippen molar-refractivity contribution in [1.29, 1.82) is 0 Å². The average Bonchev–Trinajstić information content (AvgIpc) is 2.67. The maximum Gasteiger partial charge on any atom is 0.257 e. The number of aromatic nitrogens is 2. The van der Waals surface area contributed by atoms with E-state index < -0.39 is 0 Å². The average molecular weight is 175 g/mol. The molecule has 66 valence electrons. The Morgan fingerprint density at radius 2 is 2.00 bits per heavy atom. The van der Waals surface area contributed by atoms with Crippen molar-refractivity contribution < 1.29 is 4.52 Å². The van der Waals surface area contributed by atoms with Crippen LogP contribution in [0.25, 0.3) is 11.5 Å². The summed E-state index contributed by atoms with van der Waals surface area (Å²) in [5.74, 6) is 1.04. The molecule has 0 aliphatic rings. The third-order valence-corrected chi connectivity index (χ3v) is 1.67. The van der Waals surface area contributed by atoms with Crippen molar-refractivity contribution in [2.45, 2.75) is 6.54 Å². The van der Waals surface area contributed by atoms with Gasteiger partial charge in [0.25, 0.3) is 5.89 Å². The highest BCUT2D eigenvalue weighted by Crippen LogP contribution is 2.15. The molecule has 0 atom stereocenters. The van der Waals surface area contributed by atoms with E-state index in [2.05, 4.69) is 10.1 Å². The number of benzene rings is 1. The molecule has 2 N–H and O–H groups in total. The number of nitrogens with two attached hydrogens (primary N) is 1. The molecule has 0 fully saturated rings. The predicted octanol–water partition coefficient (Wildman–Crippen LogP) is 1.20. The molecule has 2 rings (SSSR count). The van der Waals surface area contributed by atoms with Crippen molar-refractivity contribution in [3.05, 3.63) is 36.2 Å². The second-order valence-electron chi connectivity index (χ2n) is 2.59. The van der Waals surface area contributed by atoms with Gasteiger partial charge in [0.15, 0.2) is 5.82 Å². The van der Waals surface area contributed by atoms with E-state index in [9.17, 15) is 0 Å². The van der Waals surface area contributed by atoms with E-state index in [-0.39, 0.29) is 0 Å². The molecular weight excluding hydrogens is 166 g/mol. The molecule has 0 aliphatic heterocycles. The standard InChI is InChI=1S/C9H9N3O/c10-6-8-11-9(13-12-8)7-4-2-1-3-5-7/h1-5H,6,10H2. The van der Waals surface area contributed by atoms with Gasteiger partial charge in [-0.05, 0) is 12.1 Å². The van der Waals surface area contributed by atoms with Crippen LogP contribution in [0, 0.1) is 0 Å². The first-order valence-corrected chi connectivity index (χ1v) is 3.98. The van der Waals surface area contributed by atoms with Crippen molar-refractivity contribution in [1.82, 2.24) is 10.1 Å². The second kappa shape index (κ2) is 3.37. The van der Waals surface area contributed by atoms with Crippen LogP contribution in [0.1, 0.15) is 5.82 Å². The number of rotatable bonds is 2. The van der Waals surface area contributed by atoms with E-state index >= 15 is 0 Å². The fourth-order valence-corrected chi connectivity index (χ4v) is 1.03. The van der Waals surface area contributed by atoms with Gasteiger partial charge in [-0.15, -0.1) is 0 Å². The van der Waals surface area contributed by atoms with Crippen molar-refractivity contribution in [2.75, 3.05) is 0 Å². The van der Waals surface area contributed by atoms with Crippen LogP contribution >= 0.6 is 0 Å². The topological polar surface area (TPSA) is 64.9 Å². The maximum atomic E-state index is 5.36. The Kier molecular flexibility index (Phi) is 2.06. The van der Waals surface area contributed by atoms with Gasteiger partial charge in [-0.1, -0.05) is 23.4 Å². The van der Waals surface area contributed by atoms with Crippen molar-refractivity contribution in [2.24, 2.45) is 5.73 Å². The molecule has 0 saturated heterocycles. The van der Waals surface area contributed by atoms with Crippen LogP contribution in [0.15, 0.2) is 34.9 Å². The molecular formula is C9H9N3O. The Morgan fingerprint density at radius 1 is 1.23 bits per heavy atom. The van der Waals surface area contributed by atoms with E-state index in [0.29, 0.717) is 18.3 Å². The Labute approximate surface area is 75.4 Å². The molecule has 0 unspecified atom stereocenters. The highest BCUT2D eigenvalue weighted by Gasteiger charge is 2.05. The van der Waals surface area contributed by atoms with Gasteiger partial charge in [-0.2, -0.15) is 4.98 Å². The van der Waals surface area contributed by atoms with Gasteiger partial charge in [-0.3, -0.25) is 0 Å². The van der Waals surface area contributed by atoms with E-state index in [1.807, 2.05) is 30.3 Å². The van der Waals surface area contributed by atoms with Crippen molar-refractivity contribution in [3.8, 4) is 11.5 Å². The van der Waals surface area contributed by atoms with E-state index in [0.717, 1.165) is 5.56 Å². The molecule has 0 radical (unpaired) electrons. The Morgan fingerprint density at radius 3 is 2.62 bits per heavy atom. The summed E-state index contributed by atoms with van der Waals surface area (Å²) in [7, 11) is 0. The van der Waals surface area contributed by atoms with Gasteiger partial charge in [0.1, 0.15) is 0 Å². The molecule has 1 aromatic heterocycles. The van der Waals surface area contributed by atoms with Crippen LogP contribution < -0.4 is 5.73 Å². The zero-order valence-corrected chi connectivity index (χ0v) is 6.97. The minimum atomic E-state index is 0.302. The van der Waals surface area contributed by atoms with Crippen LogP contribution in [0.2, 0.25) is 0 Å². The molecule has 4 nitrogen and oxygen atoms in total. The van der Waals surface area contributed by atoms with Crippen LogP contribution in [-0.4, -0.2) is 10.1 Å². The van der Waals surface area contributed by atoms with Gasteiger partial charge in [0.05, 0.1) is 6.54 Å². The summed E-state index contributed by atoms with van der Waals surface area (Å²) in [5.41, 5.74) is 6.27. The number of hydrogen-bond donors (Lipinski definition) is 1. The van der Waals surface area contributed by atoms with Crippen LogP contribution in [0.4, 0.5) is 0 Å². The first-order chi connectivity index (χ1) is 6.40. The van der Waals surface area contributed by atoms with Crippen molar-refractivity contribution in [3.63, 3.8) is 0 Å². The first kappa shape index (κ1) is 7.94. The molecule has 0 aliphatic carbocycles. The molecule has 0 spiro atoms. The van der Waals surface area contributed by atoms with Gasteiger partial charge in [0, 0.05) is 5.56 Å². The van der Waals surface area contributed by atoms with Crippen molar-refractivity contribution >= 4 is 0 Å². The minimum absolute atomic E-state index is 0.302. The van der Waals surface area contributed by atoms with Gasteiger partial charge in [0.2, 0.25) is 0 Å². The molecule has 1 heterocycles. The Hall–Kier alpha value is -1.68. The van der Waals surface area contributed by atoms with E-state index in [4.69, 9.17) is 10.3 Å². The highest BCUT2D eigenvalue weighted by molar-refractivity contribution is 5.51. The molecule has 1 aromatic carbocycles. The Bertz CT molecular complexity index is 383. The zero-order valence-electron chi connectivity index (χ0n) is 6.97. The highest BCUT2D eigenvalue weighted by atomic mass is 16.5.